The molecule has 0 atom stereocenters. The number of aromatic nitrogens is 2. The van der Waals surface area contributed by atoms with Crippen LogP contribution in [0.25, 0.3) is 0 Å². The van der Waals surface area contributed by atoms with Crippen molar-refractivity contribution in [1.29, 1.82) is 0 Å². The molecule has 6 nitrogen and oxygen atoms in total. The summed E-state index contributed by atoms with van der Waals surface area (Å²) in [6.07, 6.45) is 7.72. The summed E-state index contributed by atoms with van der Waals surface area (Å²) in [5, 5.41) is 3.57. The van der Waals surface area contributed by atoms with Gasteiger partial charge in [-0.05, 0) is 46.5 Å². The van der Waals surface area contributed by atoms with E-state index in [1.807, 2.05) is 51.8 Å². The number of nitrogens with zero attached hydrogens (tertiary/aromatic N) is 3. The lowest BCUT2D eigenvalue weighted by atomic mass is 9.90. The molecule has 1 fully saturated rings. The quantitative estimate of drug-likeness (QED) is 0.926. The Balaban J connectivity index is 1.75. The summed E-state index contributed by atoms with van der Waals surface area (Å²) in [6, 6.07) is 0.769. The highest BCUT2D eigenvalue weighted by molar-refractivity contribution is 5.68. The van der Waals surface area contributed by atoms with Gasteiger partial charge in [0.25, 0.3) is 0 Å². The number of ether oxygens (including phenoxy) is 1. The second-order valence-corrected chi connectivity index (χ2v) is 7.43. The van der Waals surface area contributed by atoms with E-state index in [1.54, 1.807) is 4.90 Å². The highest BCUT2D eigenvalue weighted by Crippen LogP contribution is 2.24. The van der Waals surface area contributed by atoms with Crippen LogP contribution < -0.4 is 5.32 Å². The zero-order valence-electron chi connectivity index (χ0n) is 15.0. The van der Waals surface area contributed by atoms with Crippen LogP contribution in [0.3, 0.4) is 0 Å². The van der Waals surface area contributed by atoms with Crippen LogP contribution in [0, 0.1) is 0 Å². The molecule has 2 rings (SSSR count). The van der Waals surface area contributed by atoms with Crippen molar-refractivity contribution in [3.05, 3.63) is 18.2 Å². The van der Waals surface area contributed by atoms with Gasteiger partial charge in [0, 0.05) is 38.6 Å². The zero-order chi connectivity index (χ0) is 17.0. The summed E-state index contributed by atoms with van der Waals surface area (Å²) in [4.78, 5) is 18.2. The third-order valence-corrected chi connectivity index (χ3v) is 4.40. The highest BCUT2D eigenvalue weighted by Gasteiger charge is 2.29. The summed E-state index contributed by atoms with van der Waals surface area (Å²) in [6.45, 7) is 6.49. The Bertz CT molecular complexity index is 513. The second kappa shape index (κ2) is 7.34. The van der Waals surface area contributed by atoms with Crippen molar-refractivity contribution in [2.75, 3.05) is 7.05 Å². The van der Waals surface area contributed by atoms with Crippen molar-refractivity contribution in [2.24, 2.45) is 7.05 Å². The van der Waals surface area contributed by atoms with Gasteiger partial charge in [0.15, 0.2) is 0 Å². The Kier molecular flexibility index (Phi) is 5.68. The number of carbonyl (C=O) groups excluding carboxylic acids is 1. The van der Waals surface area contributed by atoms with Gasteiger partial charge in [0.1, 0.15) is 11.4 Å². The Hall–Kier alpha value is -1.56. The molecule has 0 radical (unpaired) electrons. The minimum atomic E-state index is -0.438. The second-order valence-electron chi connectivity index (χ2n) is 7.43. The van der Waals surface area contributed by atoms with Crippen LogP contribution in [0.4, 0.5) is 4.79 Å². The number of nitrogens with one attached hydrogen (secondary N) is 1. The first-order chi connectivity index (χ1) is 10.8. The minimum Gasteiger partial charge on any atom is -0.444 e. The van der Waals surface area contributed by atoms with E-state index in [-0.39, 0.29) is 12.1 Å². The normalized spacial score (nSPS) is 22.0. The van der Waals surface area contributed by atoms with Gasteiger partial charge in [0.2, 0.25) is 0 Å². The fraction of sp³-hybridized carbons (Fsp3) is 0.765. The van der Waals surface area contributed by atoms with Gasteiger partial charge in [-0.1, -0.05) is 0 Å². The topological polar surface area (TPSA) is 59.4 Å². The highest BCUT2D eigenvalue weighted by atomic mass is 16.6. The maximum atomic E-state index is 12.1. The monoisotopic (exact) mass is 322 g/mol. The first kappa shape index (κ1) is 17.8. The Morgan fingerprint density at radius 1 is 1.39 bits per heavy atom. The smallest absolute Gasteiger partial charge is 0.410 e. The fourth-order valence-electron chi connectivity index (χ4n) is 2.95. The summed E-state index contributed by atoms with van der Waals surface area (Å²) in [7, 11) is 3.86. The minimum absolute atomic E-state index is 0.220. The third kappa shape index (κ3) is 5.23. The van der Waals surface area contributed by atoms with Crippen molar-refractivity contribution in [1.82, 2.24) is 19.8 Å². The van der Waals surface area contributed by atoms with Crippen LogP contribution in [-0.2, 0) is 18.3 Å². The van der Waals surface area contributed by atoms with E-state index < -0.39 is 5.60 Å². The van der Waals surface area contributed by atoms with Crippen molar-refractivity contribution in [3.63, 3.8) is 0 Å². The van der Waals surface area contributed by atoms with Gasteiger partial charge in [-0.15, -0.1) is 0 Å². The molecule has 0 aromatic carbocycles. The number of amides is 1. The van der Waals surface area contributed by atoms with Crippen LogP contribution >= 0.6 is 0 Å². The maximum Gasteiger partial charge on any atom is 0.410 e. The molecule has 0 unspecified atom stereocenters. The first-order valence-corrected chi connectivity index (χ1v) is 8.41. The Labute approximate surface area is 139 Å². The molecule has 1 aliphatic rings. The van der Waals surface area contributed by atoms with E-state index in [1.165, 1.54) is 0 Å². The van der Waals surface area contributed by atoms with Gasteiger partial charge in [-0.3, -0.25) is 0 Å². The van der Waals surface area contributed by atoms with Crippen molar-refractivity contribution < 1.29 is 9.53 Å². The predicted octanol–water partition coefficient (Wildman–Crippen LogP) is 2.69. The van der Waals surface area contributed by atoms with Gasteiger partial charge < -0.3 is 19.5 Å². The molecular formula is C17H30N4O2. The number of carbonyl (C=O) groups is 1. The summed E-state index contributed by atoms with van der Waals surface area (Å²) < 4.78 is 7.49. The standard InChI is InChI=1S/C17H30N4O2/c1-17(2,3)23-16(22)21(5)14-8-6-13(7-9-14)19-12-15-18-10-11-20(15)4/h10-11,13-14,19H,6-9,12H2,1-5H3. The maximum absolute atomic E-state index is 12.1. The molecule has 1 amide bonds. The lowest BCUT2D eigenvalue weighted by Crippen LogP contribution is -2.45. The summed E-state index contributed by atoms with van der Waals surface area (Å²) in [5.74, 6) is 1.05. The van der Waals surface area contributed by atoms with Gasteiger partial charge in [-0.25, -0.2) is 9.78 Å². The van der Waals surface area contributed by atoms with E-state index in [2.05, 4.69) is 10.3 Å². The third-order valence-electron chi connectivity index (χ3n) is 4.40. The zero-order valence-corrected chi connectivity index (χ0v) is 15.0. The molecule has 0 spiro atoms. The van der Waals surface area contributed by atoms with Crippen LogP contribution in [-0.4, -0.2) is 45.3 Å². The molecule has 1 aromatic rings. The number of hydrogen-bond donors (Lipinski definition) is 1. The molecule has 6 heteroatoms. The average Bonchev–Trinajstić information content (AvgIpc) is 2.88. The predicted molar refractivity (Wildman–Crippen MR) is 90.1 cm³/mol. The lowest BCUT2D eigenvalue weighted by Gasteiger charge is -2.35. The molecule has 1 aliphatic carbocycles. The molecule has 130 valence electrons. The SMILES string of the molecule is CN(C(=O)OC(C)(C)C)C1CCC(NCc2nccn2C)CC1. The summed E-state index contributed by atoms with van der Waals surface area (Å²) in [5.41, 5.74) is -0.438. The van der Waals surface area contributed by atoms with E-state index in [0.29, 0.717) is 6.04 Å². The van der Waals surface area contributed by atoms with Crippen molar-refractivity contribution >= 4 is 6.09 Å². The Morgan fingerprint density at radius 3 is 2.57 bits per heavy atom. The van der Waals surface area contributed by atoms with Gasteiger partial charge in [0.05, 0.1) is 6.54 Å². The van der Waals surface area contributed by atoms with Crippen molar-refractivity contribution in [2.45, 2.75) is 70.7 Å². The molecular weight excluding hydrogens is 292 g/mol. The molecule has 0 aliphatic heterocycles. The molecule has 1 heterocycles. The Morgan fingerprint density at radius 2 is 2.04 bits per heavy atom. The van der Waals surface area contributed by atoms with Gasteiger partial charge >= 0.3 is 6.09 Å². The largest absolute Gasteiger partial charge is 0.444 e. The van der Waals surface area contributed by atoms with Crippen molar-refractivity contribution in [3.8, 4) is 0 Å². The fourth-order valence-corrected chi connectivity index (χ4v) is 2.95. The van der Waals surface area contributed by atoms with Crippen LogP contribution in [0.1, 0.15) is 52.3 Å². The first-order valence-electron chi connectivity index (χ1n) is 8.41. The molecule has 0 saturated heterocycles. The van der Waals surface area contributed by atoms with Crippen LogP contribution in [0.2, 0.25) is 0 Å². The van der Waals surface area contributed by atoms with Gasteiger partial charge in [-0.2, -0.15) is 0 Å². The van der Waals surface area contributed by atoms with E-state index in [9.17, 15) is 4.79 Å². The molecule has 1 saturated carbocycles. The average molecular weight is 322 g/mol. The molecule has 1 N–H and O–H groups in total. The number of hydrogen-bond acceptors (Lipinski definition) is 4. The number of rotatable bonds is 4. The van der Waals surface area contributed by atoms with Crippen LogP contribution in [0.5, 0.6) is 0 Å². The van der Waals surface area contributed by atoms with E-state index in [0.717, 1.165) is 38.1 Å². The molecule has 0 bridgehead atoms. The lowest BCUT2D eigenvalue weighted by molar-refractivity contribution is 0.0179. The van der Waals surface area contributed by atoms with Crippen LogP contribution in [0.15, 0.2) is 12.4 Å². The molecule has 23 heavy (non-hydrogen) atoms. The van der Waals surface area contributed by atoms with E-state index in [4.69, 9.17) is 4.74 Å². The summed E-state index contributed by atoms with van der Waals surface area (Å²) >= 11 is 0. The van der Waals surface area contributed by atoms with E-state index >= 15 is 0 Å². The molecule has 1 aromatic heterocycles. The number of aryl methyl sites for hydroxylation is 1. The number of imidazole rings is 1.